The normalized spacial score (nSPS) is 3.50. The number of halogens is 2. The predicted molar refractivity (Wildman–Crippen MR) is 19.4 cm³/mol. The maximum absolute atomic E-state index is 4.76. The van der Waals surface area contributed by atoms with Crippen molar-refractivity contribution < 1.29 is 34.0 Å². The van der Waals surface area contributed by atoms with Gasteiger partial charge in [0, 0.05) is 0 Å². The van der Waals surface area contributed by atoms with Gasteiger partial charge in [-0.2, -0.15) is 0 Å². The number of terminal acetylenes is 1. The van der Waals surface area contributed by atoms with Gasteiger partial charge < -0.3 is 34.0 Å². The number of rotatable bonds is 0. The van der Waals surface area contributed by atoms with E-state index in [4.69, 9.17) is 6.42 Å². The van der Waals surface area contributed by atoms with Gasteiger partial charge in [0.1, 0.15) is 0 Å². The van der Waals surface area contributed by atoms with Crippen molar-refractivity contribution in [2.45, 2.75) is 5.28 Å². The molecule has 0 bridgehead atoms. The molecule has 0 amide bonds. The van der Waals surface area contributed by atoms with Crippen molar-refractivity contribution in [1.82, 2.24) is 0 Å². The van der Waals surface area contributed by atoms with Gasteiger partial charge in [-0.1, -0.05) is 0 Å². The third kappa shape index (κ3) is 19.7. The Kier molecular flexibility index (Phi) is 43.5. The first-order valence-electron chi connectivity index (χ1n) is 1.05. The summed E-state index contributed by atoms with van der Waals surface area (Å²) in [7, 11) is 0. The van der Waals surface area contributed by atoms with Crippen molar-refractivity contribution >= 4 is 16.3 Å². The number of hydrogen-bond acceptors (Lipinski definition) is 0. The van der Waals surface area contributed by atoms with Gasteiger partial charge >= 0.3 is 33.9 Å². The van der Waals surface area contributed by atoms with Crippen LogP contribution >= 0.6 is 0 Å². The van der Waals surface area contributed by atoms with Crippen LogP contribution in [0.3, 0.4) is 0 Å². The molecule has 0 saturated carbocycles. The fourth-order valence-corrected chi connectivity index (χ4v) is 0. The standard InChI is InChI=1S/C3H3.Al.2BrH/c1-3-2;;;/h1H,2H2;;2*1H/q;+2;;/p-2. The van der Waals surface area contributed by atoms with Gasteiger partial charge in [-0.25, -0.2) is 0 Å². The Balaban J connectivity index is -0.0000000450. The first-order valence-corrected chi connectivity index (χ1v) is 1.87. The van der Waals surface area contributed by atoms with E-state index < -0.39 is 0 Å². The molecule has 0 aromatic rings. The monoisotopic (exact) mass is 224 g/mol. The van der Waals surface area contributed by atoms with Gasteiger partial charge in [-0.15, -0.1) is 0 Å². The van der Waals surface area contributed by atoms with Crippen molar-refractivity contribution in [3.05, 3.63) is 0 Å². The Hall–Kier alpha value is 1.05. The van der Waals surface area contributed by atoms with Gasteiger partial charge in [-0.3, -0.25) is 0 Å². The van der Waals surface area contributed by atoms with Crippen molar-refractivity contribution in [1.29, 1.82) is 0 Å². The van der Waals surface area contributed by atoms with Crippen molar-refractivity contribution in [3.63, 3.8) is 0 Å². The zero-order chi connectivity index (χ0) is 3.41. The summed E-state index contributed by atoms with van der Waals surface area (Å²) in [6.07, 6.45) is 4.76. The van der Waals surface area contributed by atoms with Gasteiger partial charge in [0.25, 0.3) is 0 Å². The summed E-state index contributed by atoms with van der Waals surface area (Å²) < 4.78 is 0. The molecule has 3 heteroatoms. The molecule has 0 nitrogen and oxygen atoms in total. The van der Waals surface area contributed by atoms with Crippen LogP contribution < -0.4 is 34.0 Å². The van der Waals surface area contributed by atoms with Gasteiger partial charge in [0.15, 0.2) is 0 Å². The Bertz CT molecular complexity index is 38.5. The average molecular weight is 226 g/mol. The largest absolute Gasteiger partial charge is 1.00 e. The van der Waals surface area contributed by atoms with Gasteiger partial charge in [0.05, 0.1) is 0 Å². The smallest absolute Gasteiger partial charge is 1.00 e. The van der Waals surface area contributed by atoms with E-state index in [2.05, 4.69) is 22.2 Å². The molecule has 0 rings (SSSR count). The Morgan fingerprint density at radius 1 is 1.50 bits per heavy atom. The van der Waals surface area contributed by atoms with Crippen LogP contribution in [0.25, 0.3) is 0 Å². The van der Waals surface area contributed by atoms with E-state index in [1.54, 1.807) is 0 Å². The molecule has 0 aromatic carbocycles. The second kappa shape index (κ2) is 16.6. The Morgan fingerprint density at radius 3 is 1.67 bits per heavy atom. The van der Waals surface area contributed by atoms with Crippen LogP contribution in [-0.4, -0.2) is 16.3 Å². The van der Waals surface area contributed by atoms with Crippen molar-refractivity contribution in [2.75, 3.05) is 0 Å². The minimum atomic E-state index is 0. The molecule has 0 N–H and O–H groups in total. The van der Waals surface area contributed by atoms with Crippen molar-refractivity contribution in [3.8, 4) is 12.3 Å². The second-order valence-electron chi connectivity index (χ2n) is 0.408. The van der Waals surface area contributed by atoms with E-state index >= 15 is 0 Å². The molecule has 0 atom stereocenters. The first-order chi connectivity index (χ1) is 1.91. The minimum Gasteiger partial charge on any atom is -1.00 e. The van der Waals surface area contributed by atoms with E-state index in [1.165, 1.54) is 0 Å². The Labute approximate surface area is 67.7 Å². The summed E-state index contributed by atoms with van der Waals surface area (Å²) in [6, 6.07) is 0. The van der Waals surface area contributed by atoms with Gasteiger partial charge in [-0.05, 0) is 0 Å². The Morgan fingerprint density at radius 2 is 1.67 bits per heavy atom. The fraction of sp³-hybridized carbons (Fsp3) is 0.333. The molecule has 0 saturated heterocycles. The molecule has 0 aliphatic rings. The predicted octanol–water partition coefficient (Wildman–Crippen LogP) is -5.79. The van der Waals surface area contributed by atoms with E-state index in [0.29, 0.717) is 0 Å². The van der Waals surface area contributed by atoms with Crippen molar-refractivity contribution in [2.24, 2.45) is 0 Å². The molecule has 0 unspecified atom stereocenters. The molecule has 0 aromatic heterocycles. The fourth-order valence-electron chi connectivity index (χ4n) is 0. The summed E-state index contributed by atoms with van der Waals surface area (Å²) in [5.41, 5.74) is 0. The van der Waals surface area contributed by atoms with Crippen LogP contribution in [0.4, 0.5) is 0 Å². The summed E-state index contributed by atoms with van der Waals surface area (Å²) >= 11 is 2.42. The molecule has 0 fully saturated rings. The summed E-state index contributed by atoms with van der Waals surface area (Å²) in [4.78, 5) is 0. The van der Waals surface area contributed by atoms with E-state index in [1.807, 2.05) is 0 Å². The van der Waals surface area contributed by atoms with Crippen LogP contribution in [0.5, 0.6) is 0 Å². The van der Waals surface area contributed by atoms with E-state index in [0.717, 1.165) is 5.28 Å². The first kappa shape index (κ1) is 15.7. The zero-order valence-corrected chi connectivity index (χ0v) is 7.44. The summed E-state index contributed by atoms with van der Waals surface area (Å²) in [5, 5.41) is 0.764. The maximum Gasteiger partial charge on any atom is -1.00 e. The second-order valence-corrected chi connectivity index (χ2v) is 0.816. The van der Waals surface area contributed by atoms with Crippen LogP contribution in [-0.2, 0) is 0 Å². The third-order valence-electron chi connectivity index (χ3n) is 0.118. The van der Waals surface area contributed by atoms with Crippen LogP contribution in [0, 0.1) is 12.3 Å². The maximum atomic E-state index is 4.76. The van der Waals surface area contributed by atoms with Crippen LogP contribution in [0.1, 0.15) is 0 Å². The molecular formula is C3H3AlBr2. The molecule has 0 radical (unpaired) electrons. The molecule has 32 valence electrons. The summed E-state index contributed by atoms with van der Waals surface area (Å²) in [5.74, 6) is 2.39. The van der Waals surface area contributed by atoms with E-state index in [-0.39, 0.29) is 34.0 Å². The minimum absolute atomic E-state index is 0. The molecule has 0 heterocycles. The number of hydrogen-bond donors (Lipinski definition) is 0. The molecule has 6 heavy (non-hydrogen) atoms. The SMILES string of the molecule is C#C[CH2][Al+2].[Br-].[Br-]. The molecule has 0 spiro atoms. The molecule has 0 aliphatic carbocycles. The summed E-state index contributed by atoms with van der Waals surface area (Å²) in [6.45, 7) is 0. The molecule has 0 aliphatic heterocycles. The quantitative estimate of drug-likeness (QED) is 0.285. The van der Waals surface area contributed by atoms with Gasteiger partial charge in [0.2, 0.25) is 0 Å². The zero-order valence-electron chi connectivity index (χ0n) is 3.12. The molecular weight excluding hydrogens is 223 g/mol. The van der Waals surface area contributed by atoms with Crippen LogP contribution in [0.15, 0.2) is 0 Å². The van der Waals surface area contributed by atoms with E-state index in [9.17, 15) is 0 Å². The average Bonchev–Trinajstić information content (AvgIpc) is 1.37. The van der Waals surface area contributed by atoms with Crippen LogP contribution in [0.2, 0.25) is 5.28 Å². The third-order valence-corrected chi connectivity index (χ3v) is 0.354. The topological polar surface area (TPSA) is 0 Å².